The Kier molecular flexibility index (Phi) is 4.65. The molecule has 8 nitrogen and oxygen atoms in total. The maximum atomic E-state index is 13.2. The standard InChI is InChI=1S/C22H21FN6O2/c1-14-24-8-10-27(14)9-2-3-21(30)28-12-17-19(13-28)25-20-11-18(26-29(20)22(17)31)15-4-6-16(23)7-5-15/h4-8,10-11,26H,2-3,9,12-13H2,1H3. The summed E-state index contributed by atoms with van der Waals surface area (Å²) < 4.78 is 16.6. The third-order valence-corrected chi connectivity index (χ3v) is 5.70. The van der Waals surface area contributed by atoms with Crippen LogP contribution in [0.2, 0.25) is 0 Å². The van der Waals surface area contributed by atoms with E-state index in [1.807, 2.05) is 17.7 Å². The summed E-state index contributed by atoms with van der Waals surface area (Å²) >= 11 is 0. The van der Waals surface area contributed by atoms with Crippen LogP contribution in [0.4, 0.5) is 4.39 Å². The van der Waals surface area contributed by atoms with Gasteiger partial charge in [0.05, 0.1) is 30.0 Å². The zero-order valence-corrected chi connectivity index (χ0v) is 17.0. The summed E-state index contributed by atoms with van der Waals surface area (Å²) in [6.45, 7) is 3.26. The SMILES string of the molecule is Cc1nccn1CCCC(=O)N1Cc2nc3cc(-c4ccc(F)cc4)[nH]n3c(=O)c2C1. The number of benzene rings is 1. The number of nitrogens with zero attached hydrogens (tertiary/aromatic N) is 5. The van der Waals surface area contributed by atoms with Gasteiger partial charge in [0.15, 0.2) is 5.65 Å². The van der Waals surface area contributed by atoms with E-state index in [-0.39, 0.29) is 23.8 Å². The number of imidazole rings is 1. The Morgan fingerprint density at radius 2 is 2.03 bits per heavy atom. The molecule has 0 atom stereocenters. The first-order chi connectivity index (χ1) is 15.0. The predicted molar refractivity (Wildman–Crippen MR) is 112 cm³/mol. The van der Waals surface area contributed by atoms with E-state index < -0.39 is 0 Å². The van der Waals surface area contributed by atoms with Crippen LogP contribution >= 0.6 is 0 Å². The Morgan fingerprint density at radius 1 is 1.23 bits per heavy atom. The number of nitrogens with one attached hydrogen (secondary N) is 1. The van der Waals surface area contributed by atoms with Gasteiger partial charge in [-0.25, -0.2) is 18.9 Å². The number of carbonyl (C=O) groups is 1. The number of halogens is 1. The highest BCUT2D eigenvalue weighted by Crippen LogP contribution is 2.23. The molecule has 0 aliphatic carbocycles. The monoisotopic (exact) mass is 420 g/mol. The second-order valence-electron chi connectivity index (χ2n) is 7.73. The van der Waals surface area contributed by atoms with Crippen molar-refractivity contribution in [2.45, 2.75) is 39.4 Å². The van der Waals surface area contributed by atoms with Crippen molar-refractivity contribution >= 4 is 11.6 Å². The first-order valence-corrected chi connectivity index (χ1v) is 10.1. The molecule has 1 aromatic carbocycles. The third-order valence-electron chi connectivity index (χ3n) is 5.70. The van der Waals surface area contributed by atoms with Crippen LogP contribution in [-0.4, -0.2) is 35.0 Å². The van der Waals surface area contributed by atoms with E-state index in [1.165, 1.54) is 16.6 Å². The molecule has 5 rings (SSSR count). The largest absolute Gasteiger partial charge is 0.335 e. The van der Waals surface area contributed by atoms with Gasteiger partial charge in [-0.2, -0.15) is 0 Å². The first-order valence-electron chi connectivity index (χ1n) is 10.1. The van der Waals surface area contributed by atoms with Crippen LogP contribution in [0.3, 0.4) is 0 Å². The van der Waals surface area contributed by atoms with Gasteiger partial charge in [0, 0.05) is 31.4 Å². The fraction of sp³-hybridized carbons (Fsp3) is 0.273. The van der Waals surface area contributed by atoms with Crippen molar-refractivity contribution in [2.24, 2.45) is 0 Å². The van der Waals surface area contributed by atoms with Gasteiger partial charge in [-0.15, -0.1) is 0 Å². The molecule has 0 saturated heterocycles. The average molecular weight is 420 g/mol. The molecule has 0 unspecified atom stereocenters. The van der Waals surface area contributed by atoms with Crippen LogP contribution in [-0.2, 0) is 24.4 Å². The van der Waals surface area contributed by atoms with E-state index >= 15 is 0 Å². The molecule has 0 saturated carbocycles. The van der Waals surface area contributed by atoms with E-state index in [1.54, 1.807) is 29.3 Å². The number of rotatable bonds is 5. The molecule has 4 heterocycles. The summed E-state index contributed by atoms with van der Waals surface area (Å²) in [4.78, 5) is 36.1. The van der Waals surface area contributed by atoms with E-state index in [0.29, 0.717) is 42.0 Å². The molecule has 9 heteroatoms. The van der Waals surface area contributed by atoms with Crippen molar-refractivity contribution in [2.75, 3.05) is 0 Å². The normalized spacial score (nSPS) is 13.2. The number of fused-ring (bicyclic) bond motifs is 2. The molecule has 1 N–H and O–H groups in total. The average Bonchev–Trinajstić information content (AvgIpc) is 3.47. The lowest BCUT2D eigenvalue weighted by Gasteiger charge is -2.15. The number of hydrogen-bond donors (Lipinski definition) is 1. The van der Waals surface area contributed by atoms with Crippen LogP contribution in [0.15, 0.2) is 47.5 Å². The van der Waals surface area contributed by atoms with Crippen LogP contribution in [0.5, 0.6) is 0 Å². The molecule has 158 valence electrons. The van der Waals surface area contributed by atoms with Gasteiger partial charge >= 0.3 is 0 Å². The van der Waals surface area contributed by atoms with Crippen LogP contribution in [0.25, 0.3) is 16.9 Å². The van der Waals surface area contributed by atoms with Crippen LogP contribution in [0, 0.1) is 12.7 Å². The van der Waals surface area contributed by atoms with Gasteiger partial charge < -0.3 is 9.47 Å². The minimum Gasteiger partial charge on any atom is -0.335 e. The quantitative estimate of drug-likeness (QED) is 0.538. The Labute approximate surface area is 177 Å². The van der Waals surface area contributed by atoms with Crippen molar-refractivity contribution in [3.05, 3.63) is 76.0 Å². The second kappa shape index (κ2) is 7.50. The van der Waals surface area contributed by atoms with Crippen molar-refractivity contribution in [1.82, 2.24) is 29.0 Å². The Balaban J connectivity index is 1.32. The molecule has 1 aliphatic rings. The molecule has 4 aromatic rings. The highest BCUT2D eigenvalue weighted by molar-refractivity contribution is 5.77. The fourth-order valence-electron chi connectivity index (χ4n) is 3.97. The Morgan fingerprint density at radius 3 is 2.77 bits per heavy atom. The van der Waals surface area contributed by atoms with E-state index in [2.05, 4.69) is 15.1 Å². The summed E-state index contributed by atoms with van der Waals surface area (Å²) in [5, 5.41) is 3.04. The number of aromatic amines is 1. The maximum absolute atomic E-state index is 13.2. The lowest BCUT2D eigenvalue weighted by molar-refractivity contribution is -0.132. The van der Waals surface area contributed by atoms with Crippen LogP contribution in [0.1, 0.15) is 29.9 Å². The van der Waals surface area contributed by atoms with Gasteiger partial charge in [-0.05, 0) is 43.2 Å². The Hall–Kier alpha value is -3.75. The van der Waals surface area contributed by atoms with Crippen LogP contribution < -0.4 is 5.56 Å². The van der Waals surface area contributed by atoms with E-state index in [4.69, 9.17) is 0 Å². The minimum absolute atomic E-state index is 0.0100. The van der Waals surface area contributed by atoms with Gasteiger partial charge in [0.2, 0.25) is 5.91 Å². The summed E-state index contributed by atoms with van der Waals surface area (Å²) in [6.07, 6.45) is 4.76. The maximum Gasteiger partial charge on any atom is 0.278 e. The molecular formula is C22H21FN6O2. The highest BCUT2D eigenvalue weighted by Gasteiger charge is 2.28. The lowest BCUT2D eigenvalue weighted by Crippen LogP contribution is -2.26. The third kappa shape index (κ3) is 3.52. The number of amides is 1. The zero-order valence-electron chi connectivity index (χ0n) is 17.0. The van der Waals surface area contributed by atoms with Crippen molar-refractivity contribution < 1.29 is 9.18 Å². The molecule has 1 aliphatic heterocycles. The lowest BCUT2D eigenvalue weighted by atomic mass is 10.1. The van der Waals surface area contributed by atoms with E-state index in [9.17, 15) is 14.0 Å². The molecule has 3 aromatic heterocycles. The van der Waals surface area contributed by atoms with Gasteiger partial charge in [-0.3, -0.25) is 14.7 Å². The number of aromatic nitrogens is 5. The summed E-state index contributed by atoms with van der Waals surface area (Å²) in [5.41, 5.74) is 2.87. The zero-order chi connectivity index (χ0) is 21.5. The smallest absolute Gasteiger partial charge is 0.278 e. The minimum atomic E-state index is -0.320. The molecule has 31 heavy (non-hydrogen) atoms. The topological polar surface area (TPSA) is 88.3 Å². The number of hydrogen-bond acceptors (Lipinski definition) is 4. The molecule has 0 spiro atoms. The Bertz CT molecular complexity index is 1330. The molecule has 0 radical (unpaired) electrons. The summed E-state index contributed by atoms with van der Waals surface area (Å²) in [5.74, 6) is 0.614. The van der Waals surface area contributed by atoms with E-state index in [0.717, 1.165) is 17.9 Å². The first kappa shape index (κ1) is 19.2. The summed E-state index contributed by atoms with van der Waals surface area (Å²) in [7, 11) is 0. The number of aryl methyl sites for hydroxylation is 2. The number of carbonyl (C=O) groups excluding carboxylic acids is 1. The molecule has 0 bridgehead atoms. The van der Waals surface area contributed by atoms with Crippen molar-refractivity contribution in [1.29, 1.82) is 0 Å². The molecule has 0 fully saturated rings. The fourth-order valence-corrected chi connectivity index (χ4v) is 3.97. The molecule has 1 amide bonds. The number of H-pyrrole nitrogens is 1. The highest BCUT2D eigenvalue weighted by atomic mass is 19.1. The summed E-state index contributed by atoms with van der Waals surface area (Å²) in [6, 6.07) is 7.78. The van der Waals surface area contributed by atoms with Gasteiger partial charge in [-0.1, -0.05) is 0 Å². The van der Waals surface area contributed by atoms with Crippen molar-refractivity contribution in [3.8, 4) is 11.3 Å². The van der Waals surface area contributed by atoms with Gasteiger partial charge in [0.1, 0.15) is 11.6 Å². The van der Waals surface area contributed by atoms with Crippen molar-refractivity contribution in [3.63, 3.8) is 0 Å². The molecular weight excluding hydrogens is 399 g/mol. The second-order valence-corrected chi connectivity index (χ2v) is 7.73. The predicted octanol–water partition coefficient (Wildman–Crippen LogP) is 2.66. The van der Waals surface area contributed by atoms with Gasteiger partial charge in [0.25, 0.3) is 5.56 Å².